The van der Waals surface area contributed by atoms with Crippen LogP contribution in [0.25, 0.3) is 226 Å². The predicted octanol–water partition coefficient (Wildman–Crippen LogP) is 29.8. The summed E-state index contributed by atoms with van der Waals surface area (Å²) in [4.78, 5) is 45.2. The van der Waals surface area contributed by atoms with Crippen LogP contribution in [0.15, 0.2) is 486 Å². The van der Waals surface area contributed by atoms with E-state index in [1.807, 2.05) is 200 Å². The lowest BCUT2D eigenvalue weighted by Crippen LogP contribution is -2.27. The molecule has 1 aliphatic carbocycles. The van der Waals surface area contributed by atoms with Crippen LogP contribution in [0.2, 0.25) is 0 Å². The number of aromatic nitrogens is 9. The van der Waals surface area contributed by atoms with Crippen molar-refractivity contribution < 1.29 is 13.3 Å². The number of fused-ring (bicyclic) bond motifs is 3. The van der Waals surface area contributed by atoms with Crippen LogP contribution in [0.4, 0.5) is 0 Å². The van der Waals surface area contributed by atoms with Gasteiger partial charge in [0.1, 0.15) is 16.4 Å². The molecular formula is C123H83N9O3. The van der Waals surface area contributed by atoms with Gasteiger partial charge in [0.2, 0.25) is 17.7 Å². The minimum atomic E-state index is 0.596. The Morgan fingerprint density at radius 1 is 0.170 bits per heavy atom. The van der Waals surface area contributed by atoms with Gasteiger partial charge in [-0.3, -0.25) is 0 Å². The van der Waals surface area contributed by atoms with Gasteiger partial charge in [0.05, 0.1) is 34.2 Å². The van der Waals surface area contributed by atoms with E-state index >= 15 is 0 Å². The molecule has 0 saturated carbocycles. The molecular weight excluding hydrogens is 1650 g/mol. The zero-order valence-corrected chi connectivity index (χ0v) is 73.3. The van der Waals surface area contributed by atoms with Crippen LogP contribution in [0, 0.1) is 0 Å². The fourth-order valence-electron chi connectivity index (χ4n) is 17.3. The quantitative estimate of drug-likeness (QED) is 0.0803. The second kappa shape index (κ2) is 37.9. The average molecular weight is 1740 g/mol. The van der Waals surface area contributed by atoms with Crippen LogP contribution in [-0.4, -0.2) is 44.9 Å². The van der Waals surface area contributed by atoms with Gasteiger partial charge < -0.3 is 13.3 Å². The zero-order valence-electron chi connectivity index (χ0n) is 73.3. The molecule has 0 aliphatic heterocycles. The van der Waals surface area contributed by atoms with Crippen molar-refractivity contribution in [1.29, 1.82) is 0 Å². The smallest absolute Gasteiger partial charge is 0.227 e. The Hall–Kier alpha value is -18.1. The maximum absolute atomic E-state index is 6.34. The van der Waals surface area contributed by atoms with Crippen molar-refractivity contribution in [2.75, 3.05) is 0 Å². The molecule has 1 aliphatic rings. The van der Waals surface area contributed by atoms with Gasteiger partial charge in [-0.2, -0.15) is 0 Å². The van der Waals surface area contributed by atoms with Gasteiger partial charge in [0, 0.05) is 83.5 Å². The average Bonchev–Trinajstić information content (AvgIpc) is 1.65. The van der Waals surface area contributed by atoms with Gasteiger partial charge in [-0.15, -0.1) is 0 Å². The van der Waals surface area contributed by atoms with Gasteiger partial charge in [0.15, 0.2) is 34.1 Å². The highest BCUT2D eigenvalue weighted by Gasteiger charge is 2.23. The monoisotopic (exact) mass is 1730 g/mol. The molecule has 0 radical (unpaired) electrons. The minimum absolute atomic E-state index is 0.596. The molecule has 0 amide bonds. The summed E-state index contributed by atoms with van der Waals surface area (Å²) in [7, 11) is 0. The van der Waals surface area contributed by atoms with Crippen molar-refractivity contribution in [2.24, 2.45) is 0 Å². The number of nitrogens with zero attached hydrogens (tertiary/aromatic N) is 9. The van der Waals surface area contributed by atoms with E-state index in [2.05, 4.69) is 279 Å². The second-order valence-corrected chi connectivity index (χ2v) is 32.9. The molecule has 24 rings (SSSR count). The van der Waals surface area contributed by atoms with Gasteiger partial charge in [-0.1, -0.05) is 406 Å². The van der Waals surface area contributed by atoms with Gasteiger partial charge in [-0.25, -0.2) is 44.9 Å². The third-order valence-electron chi connectivity index (χ3n) is 24.2. The number of oxazole rings is 3. The lowest BCUT2D eigenvalue weighted by atomic mass is 9.97. The highest BCUT2D eigenvalue weighted by Crippen LogP contribution is 2.42. The number of rotatable bonds is 18. The molecule has 0 spiro atoms. The Balaban J connectivity index is 0.000000118. The van der Waals surface area contributed by atoms with Crippen molar-refractivity contribution in [3.63, 3.8) is 0 Å². The summed E-state index contributed by atoms with van der Waals surface area (Å²) in [6.45, 7) is 0. The van der Waals surface area contributed by atoms with E-state index in [0.29, 0.717) is 35.1 Å². The first-order chi connectivity index (χ1) is 66.9. The van der Waals surface area contributed by atoms with E-state index in [-0.39, 0.29) is 0 Å². The second-order valence-electron chi connectivity index (χ2n) is 32.9. The van der Waals surface area contributed by atoms with E-state index in [4.69, 9.17) is 58.1 Å². The SMILES string of the molecule is C1=c2nc(-c3ccccc3)oc2=C(c2ccc(-c3nc(-c4ccccc4)cc(-c4ccc(-c5ccccc5)cc4)n3)cc2)CC1.c1ccc(-c2ccc(-c3cc(-c4ccccc4)nc(-c4cccc(-c5cccc6oc(-c7ccccc7)nc56)c4)n3)cc2)cc1.c1ccc(-c2ccc(-c3cc(-c4ccccc4)nc(-c4ccccc4-c4cccc5oc(-c6ccccc6)nc45)n3)cc2)cc1. The van der Waals surface area contributed by atoms with Crippen LogP contribution in [-0.2, 0) is 0 Å². The summed E-state index contributed by atoms with van der Waals surface area (Å²) in [5.41, 5.74) is 34.5. The van der Waals surface area contributed by atoms with Gasteiger partial charge in [-0.05, 0) is 136 Å². The van der Waals surface area contributed by atoms with E-state index in [9.17, 15) is 0 Å². The summed E-state index contributed by atoms with van der Waals surface area (Å²) < 4.78 is 18.7. The Bertz CT molecular complexity index is 8260. The van der Waals surface area contributed by atoms with E-state index in [1.54, 1.807) is 0 Å². The Morgan fingerprint density at radius 2 is 0.444 bits per heavy atom. The summed E-state index contributed by atoms with van der Waals surface area (Å²) in [6, 6.07) is 161. The first-order valence-electron chi connectivity index (χ1n) is 45.2. The molecule has 12 nitrogen and oxygen atoms in total. The number of para-hydroxylation sites is 2. The molecule has 0 saturated heterocycles. The number of hydrogen-bond acceptors (Lipinski definition) is 12. The van der Waals surface area contributed by atoms with E-state index < -0.39 is 0 Å². The summed E-state index contributed by atoms with van der Waals surface area (Å²) in [6.07, 6.45) is 4.00. The van der Waals surface area contributed by atoms with Gasteiger partial charge in [0.25, 0.3) is 0 Å². The molecule has 0 unspecified atom stereocenters. The minimum Gasteiger partial charge on any atom is -0.436 e. The molecule has 0 atom stereocenters. The molecule has 17 aromatic carbocycles. The molecule has 6 heterocycles. The van der Waals surface area contributed by atoms with Crippen LogP contribution in [0.3, 0.4) is 0 Å². The first-order valence-corrected chi connectivity index (χ1v) is 45.2. The lowest BCUT2D eigenvalue weighted by Gasteiger charge is -2.13. The standard InChI is InChI=1S/2C41H27N3O.C41H29N3O/c1-4-12-28(13-5-1)29-22-24-31(25-23-29)37-27-36(30-14-6-2-7-15-30)42-40(43-37)34-19-10-18-33(26-34)35-20-11-21-38-39(35)44-41(45-38)32-16-8-3-9-17-32;1-4-13-28(14-5-1)29-23-25-31(26-24-29)37-27-36(30-15-6-2-7-16-30)42-40(43-37)35-20-11-10-19-33(35)34-21-12-22-38-39(34)44-41(45-38)32-17-8-3-9-18-32;1-4-11-28(12-5-1)29-19-23-32(24-20-29)38-27-37(31-13-6-2-7-14-31)42-40(43-38)33-25-21-30(22-26-33)35-17-10-18-36-39(35)45-41(44-36)34-15-8-3-9-16-34/h2*1-27H;1-9,11-16,18-27H,10,17H2. The fourth-order valence-corrected chi connectivity index (χ4v) is 17.3. The Morgan fingerprint density at radius 3 is 0.852 bits per heavy atom. The normalized spacial score (nSPS) is 11.5. The van der Waals surface area contributed by atoms with Crippen molar-refractivity contribution in [3.8, 4) is 192 Å². The van der Waals surface area contributed by atoms with Crippen molar-refractivity contribution >= 4 is 33.8 Å². The highest BCUT2D eigenvalue weighted by atomic mass is 16.4. The molecule has 23 aromatic rings. The first kappa shape index (κ1) is 82.5. The number of hydrogen-bond donors (Lipinski definition) is 0. The summed E-state index contributed by atoms with van der Waals surface area (Å²) in [5, 5.41) is 0.918. The summed E-state index contributed by atoms with van der Waals surface area (Å²) in [5.74, 6) is 3.87. The maximum atomic E-state index is 6.34. The Kier molecular flexibility index (Phi) is 23.2. The molecule has 0 fully saturated rings. The third-order valence-corrected chi connectivity index (χ3v) is 24.2. The maximum Gasteiger partial charge on any atom is 0.227 e. The molecule has 638 valence electrons. The largest absolute Gasteiger partial charge is 0.436 e. The van der Waals surface area contributed by atoms with Crippen LogP contribution in [0.1, 0.15) is 18.4 Å². The number of benzene rings is 17. The van der Waals surface area contributed by atoms with Gasteiger partial charge >= 0.3 is 0 Å². The van der Waals surface area contributed by atoms with Crippen LogP contribution >= 0.6 is 0 Å². The predicted molar refractivity (Wildman–Crippen MR) is 546 cm³/mol. The van der Waals surface area contributed by atoms with Crippen LogP contribution in [0.5, 0.6) is 0 Å². The van der Waals surface area contributed by atoms with Crippen molar-refractivity contribution in [3.05, 3.63) is 490 Å². The van der Waals surface area contributed by atoms with E-state index in [0.717, 1.165) is 180 Å². The zero-order chi connectivity index (χ0) is 90.0. The molecule has 12 heteroatoms. The molecule has 0 bridgehead atoms. The fraction of sp³-hybridized carbons (Fsp3) is 0.0163. The molecule has 0 N–H and O–H groups in total. The molecule has 6 aromatic heterocycles. The third kappa shape index (κ3) is 18.0. The topological polar surface area (TPSA) is 155 Å². The van der Waals surface area contributed by atoms with E-state index in [1.165, 1.54) is 33.4 Å². The lowest BCUT2D eigenvalue weighted by molar-refractivity contribution is 0.535. The van der Waals surface area contributed by atoms with Crippen molar-refractivity contribution in [2.45, 2.75) is 12.8 Å². The van der Waals surface area contributed by atoms with Crippen LogP contribution < -0.4 is 10.8 Å². The summed E-state index contributed by atoms with van der Waals surface area (Å²) >= 11 is 0. The Labute approximate surface area is 780 Å². The highest BCUT2D eigenvalue weighted by molar-refractivity contribution is 5.98. The molecule has 135 heavy (non-hydrogen) atoms. The van der Waals surface area contributed by atoms with Crippen molar-refractivity contribution in [1.82, 2.24) is 44.9 Å².